The number of pyridine rings is 1. The molecule has 0 saturated carbocycles. The summed E-state index contributed by atoms with van der Waals surface area (Å²) in [6, 6.07) is 1.76. The minimum atomic E-state index is -0.949. The number of nitrogens with one attached hydrogen (secondary N) is 1. The molecule has 0 radical (unpaired) electrons. The van der Waals surface area contributed by atoms with Gasteiger partial charge < -0.3 is 20.3 Å². The van der Waals surface area contributed by atoms with Crippen LogP contribution in [0.4, 0.5) is 5.82 Å². The number of hydrogen-bond acceptors (Lipinski definition) is 5. The maximum Gasteiger partial charge on any atom is 0.339 e. The van der Waals surface area contributed by atoms with Gasteiger partial charge in [0.1, 0.15) is 11.4 Å². The van der Waals surface area contributed by atoms with Crippen LogP contribution < -0.4 is 5.32 Å². The first-order valence-electron chi connectivity index (χ1n) is 7.41. The van der Waals surface area contributed by atoms with Crippen molar-refractivity contribution in [2.75, 3.05) is 31.7 Å². The standard InChI is InChI=1S/C15H22N2O4/c18-7-9-21-8-3-6-16-14-12(15(19)20)10-11-4-1-2-5-13(11)17-14/h10,18H,1-9H2,(H,16,17)(H,19,20). The highest BCUT2D eigenvalue weighted by molar-refractivity contribution is 5.93. The molecule has 6 heteroatoms. The number of carbonyl (C=O) groups is 1. The van der Waals surface area contributed by atoms with Crippen molar-refractivity contribution in [3.8, 4) is 0 Å². The van der Waals surface area contributed by atoms with Crippen LogP contribution in [0.5, 0.6) is 0 Å². The van der Waals surface area contributed by atoms with Gasteiger partial charge in [-0.05, 0) is 43.7 Å². The molecule has 116 valence electrons. The Morgan fingerprint density at radius 2 is 2.14 bits per heavy atom. The molecule has 0 aromatic carbocycles. The second kappa shape index (κ2) is 7.95. The Balaban J connectivity index is 1.98. The van der Waals surface area contributed by atoms with E-state index in [0.717, 1.165) is 43.4 Å². The Bertz CT molecular complexity index is 491. The van der Waals surface area contributed by atoms with E-state index in [1.807, 2.05) is 0 Å². The summed E-state index contributed by atoms with van der Waals surface area (Å²) >= 11 is 0. The van der Waals surface area contributed by atoms with Crippen molar-refractivity contribution in [2.45, 2.75) is 32.1 Å². The summed E-state index contributed by atoms with van der Waals surface area (Å²) in [5.41, 5.74) is 2.33. The molecule has 0 aliphatic heterocycles. The SMILES string of the molecule is O=C(O)c1cc2c(nc1NCCCOCCO)CCCC2. The van der Waals surface area contributed by atoms with E-state index in [4.69, 9.17) is 9.84 Å². The number of ether oxygens (including phenoxy) is 1. The lowest BCUT2D eigenvalue weighted by Gasteiger charge is -2.18. The third-order valence-corrected chi connectivity index (χ3v) is 3.52. The van der Waals surface area contributed by atoms with Crippen LogP contribution in [0.2, 0.25) is 0 Å². The number of aryl methyl sites for hydroxylation is 2. The smallest absolute Gasteiger partial charge is 0.339 e. The van der Waals surface area contributed by atoms with Crippen molar-refractivity contribution in [3.63, 3.8) is 0 Å². The molecule has 0 unspecified atom stereocenters. The highest BCUT2D eigenvalue weighted by atomic mass is 16.5. The Kier molecular flexibility index (Phi) is 5.95. The van der Waals surface area contributed by atoms with Gasteiger partial charge in [0.2, 0.25) is 0 Å². The highest BCUT2D eigenvalue weighted by Crippen LogP contribution is 2.24. The maximum absolute atomic E-state index is 11.3. The summed E-state index contributed by atoms with van der Waals surface area (Å²) in [4.78, 5) is 15.8. The molecule has 0 saturated heterocycles. The first-order valence-corrected chi connectivity index (χ1v) is 7.41. The van der Waals surface area contributed by atoms with Gasteiger partial charge in [0.25, 0.3) is 0 Å². The molecule has 0 bridgehead atoms. The second-order valence-corrected chi connectivity index (χ2v) is 5.12. The van der Waals surface area contributed by atoms with Crippen molar-refractivity contribution < 1.29 is 19.7 Å². The first-order chi connectivity index (χ1) is 10.2. The molecule has 1 aliphatic carbocycles. The average Bonchev–Trinajstić information content (AvgIpc) is 2.49. The summed E-state index contributed by atoms with van der Waals surface area (Å²) in [7, 11) is 0. The molecule has 2 rings (SSSR count). The number of carboxylic acids is 1. The van der Waals surface area contributed by atoms with Gasteiger partial charge in [-0.1, -0.05) is 0 Å². The Morgan fingerprint density at radius 3 is 2.90 bits per heavy atom. The largest absolute Gasteiger partial charge is 0.478 e. The van der Waals surface area contributed by atoms with Crippen molar-refractivity contribution in [2.24, 2.45) is 0 Å². The fraction of sp³-hybridized carbons (Fsp3) is 0.600. The van der Waals surface area contributed by atoms with E-state index in [2.05, 4.69) is 10.3 Å². The zero-order valence-corrected chi connectivity index (χ0v) is 12.1. The van der Waals surface area contributed by atoms with E-state index in [0.29, 0.717) is 25.6 Å². The van der Waals surface area contributed by atoms with E-state index in [9.17, 15) is 9.90 Å². The molecule has 0 amide bonds. The third-order valence-electron chi connectivity index (χ3n) is 3.52. The molecule has 0 atom stereocenters. The fourth-order valence-corrected chi connectivity index (χ4v) is 2.48. The predicted octanol–water partition coefficient (Wildman–Crippen LogP) is 1.47. The van der Waals surface area contributed by atoms with E-state index >= 15 is 0 Å². The Hall–Kier alpha value is -1.66. The van der Waals surface area contributed by atoms with Gasteiger partial charge in [0, 0.05) is 18.8 Å². The quantitative estimate of drug-likeness (QED) is 0.629. The lowest BCUT2D eigenvalue weighted by Crippen LogP contribution is -2.15. The van der Waals surface area contributed by atoms with Crippen LogP contribution >= 0.6 is 0 Å². The monoisotopic (exact) mass is 294 g/mol. The van der Waals surface area contributed by atoms with Gasteiger partial charge in [0.05, 0.1) is 13.2 Å². The first kappa shape index (κ1) is 15.7. The van der Waals surface area contributed by atoms with Gasteiger partial charge in [-0.2, -0.15) is 0 Å². The van der Waals surface area contributed by atoms with Crippen molar-refractivity contribution >= 4 is 11.8 Å². The number of aliphatic hydroxyl groups excluding tert-OH is 1. The summed E-state index contributed by atoms with van der Waals surface area (Å²) < 4.78 is 5.16. The number of carboxylic acid groups (broad SMARTS) is 1. The number of fused-ring (bicyclic) bond motifs is 1. The second-order valence-electron chi connectivity index (χ2n) is 5.12. The predicted molar refractivity (Wildman–Crippen MR) is 78.8 cm³/mol. The Morgan fingerprint density at radius 1 is 1.33 bits per heavy atom. The maximum atomic E-state index is 11.3. The van der Waals surface area contributed by atoms with Crippen molar-refractivity contribution in [1.29, 1.82) is 0 Å². The number of aromatic nitrogens is 1. The Labute approximate surface area is 124 Å². The van der Waals surface area contributed by atoms with E-state index in [1.165, 1.54) is 0 Å². The summed E-state index contributed by atoms with van der Waals surface area (Å²) in [6.45, 7) is 1.47. The zero-order chi connectivity index (χ0) is 15.1. The number of aliphatic hydroxyl groups is 1. The van der Waals surface area contributed by atoms with Gasteiger partial charge in [-0.3, -0.25) is 0 Å². The molecule has 1 heterocycles. The lowest BCUT2D eigenvalue weighted by atomic mass is 9.94. The zero-order valence-electron chi connectivity index (χ0n) is 12.1. The summed E-state index contributed by atoms with van der Waals surface area (Å²) in [6.07, 6.45) is 4.78. The van der Waals surface area contributed by atoms with Crippen LogP contribution in [-0.2, 0) is 17.6 Å². The molecule has 6 nitrogen and oxygen atoms in total. The molecule has 0 spiro atoms. The van der Waals surface area contributed by atoms with Crippen LogP contribution in [0.3, 0.4) is 0 Å². The minimum Gasteiger partial charge on any atom is -0.478 e. The molecule has 0 fully saturated rings. The molecular formula is C15H22N2O4. The molecule has 1 aromatic rings. The molecule has 1 aromatic heterocycles. The van der Waals surface area contributed by atoms with E-state index < -0.39 is 5.97 Å². The van der Waals surface area contributed by atoms with Gasteiger partial charge in [-0.15, -0.1) is 0 Å². The summed E-state index contributed by atoms with van der Waals surface area (Å²) in [5, 5.41) is 21.0. The number of anilines is 1. The molecular weight excluding hydrogens is 272 g/mol. The lowest BCUT2D eigenvalue weighted by molar-refractivity contribution is 0.0697. The molecule has 1 aliphatic rings. The third kappa shape index (κ3) is 4.41. The number of rotatable bonds is 8. The fourth-order valence-electron chi connectivity index (χ4n) is 2.48. The van der Waals surface area contributed by atoms with Crippen LogP contribution in [-0.4, -0.2) is 47.5 Å². The topological polar surface area (TPSA) is 91.7 Å². The number of aromatic carboxylic acids is 1. The van der Waals surface area contributed by atoms with Gasteiger partial charge >= 0.3 is 5.97 Å². The van der Waals surface area contributed by atoms with Crippen LogP contribution in [0.25, 0.3) is 0 Å². The molecule has 21 heavy (non-hydrogen) atoms. The van der Waals surface area contributed by atoms with Crippen molar-refractivity contribution in [1.82, 2.24) is 4.98 Å². The van der Waals surface area contributed by atoms with Crippen molar-refractivity contribution in [3.05, 3.63) is 22.9 Å². The number of hydrogen-bond donors (Lipinski definition) is 3. The highest BCUT2D eigenvalue weighted by Gasteiger charge is 2.18. The molecule has 3 N–H and O–H groups in total. The van der Waals surface area contributed by atoms with Crippen LogP contribution in [0.1, 0.15) is 40.9 Å². The van der Waals surface area contributed by atoms with E-state index in [-0.39, 0.29) is 12.2 Å². The van der Waals surface area contributed by atoms with Gasteiger partial charge in [0.15, 0.2) is 0 Å². The number of nitrogens with zero attached hydrogens (tertiary/aromatic N) is 1. The van der Waals surface area contributed by atoms with E-state index in [1.54, 1.807) is 6.07 Å². The normalized spacial score (nSPS) is 13.8. The minimum absolute atomic E-state index is 0.0168. The van der Waals surface area contributed by atoms with Gasteiger partial charge in [-0.25, -0.2) is 9.78 Å². The van der Waals surface area contributed by atoms with Crippen LogP contribution in [0, 0.1) is 0 Å². The van der Waals surface area contributed by atoms with Crippen LogP contribution in [0.15, 0.2) is 6.07 Å². The summed E-state index contributed by atoms with van der Waals surface area (Å²) in [5.74, 6) is -0.500. The average molecular weight is 294 g/mol.